The monoisotopic (exact) mass is 1200 g/mol. The standard InChI is InChI=1S/C65H84FN8O5S2Si2/c1-48-44-59(69-70-61(48)68-64-73(47-77-42-43-82(8,9)10)55-28-17-18-29-57(55)80-64)72(63-67-60(62(75)76-7)58(81-63)30-21-41-78-56-32-31-50(45-54(56)66)22-19-36-71(5)6)37-20-23-51(46-74-38-33-49(34-39-74)35-40-74)79-83(65(2,3)4,52-24-13-11-14-25-52)53-26-15-12-16-27-53/h11-18,24-29,31-32,44-45,49,51H,20-21,23,30,33-43,46-47H2,1-10H3/q+1/b68-64-. The fourth-order valence-electron chi connectivity index (χ4n) is 11.6. The van der Waals surface area contributed by atoms with E-state index in [1.165, 1.54) is 73.8 Å². The van der Waals surface area contributed by atoms with Crippen molar-refractivity contribution in [2.75, 3.05) is 78.6 Å². The van der Waals surface area contributed by atoms with Crippen molar-refractivity contribution in [3.8, 4) is 17.6 Å². The number of nitrogens with zero attached hydrogens (tertiary/aromatic N) is 8. The third-order valence-electron chi connectivity index (χ3n) is 16.2. The van der Waals surface area contributed by atoms with Crippen molar-refractivity contribution in [2.24, 2.45) is 10.9 Å². The van der Waals surface area contributed by atoms with Crippen molar-refractivity contribution >= 4 is 82.4 Å². The SMILES string of the molecule is COC(=O)c1nc(N(CCCC(C[N+]23CCC(CC2)CC3)O[Si](c2ccccc2)(c2ccccc2)C(C)(C)C)c2cc(C)c(/N=c3\sc4ccccc4n3COCC[Si](C)(C)C)nn2)sc1CCCOc1ccc(C#CCN(C)C)cc1F. The van der Waals surface area contributed by atoms with E-state index in [4.69, 9.17) is 38.8 Å². The van der Waals surface area contributed by atoms with Crippen LogP contribution in [0.2, 0.25) is 30.7 Å². The lowest BCUT2D eigenvalue weighted by Crippen LogP contribution is -2.69. The molecule has 2 bridgehead atoms. The average Bonchev–Trinajstić information content (AvgIpc) is 4.02. The number of anilines is 2. The minimum absolute atomic E-state index is 0.0612. The van der Waals surface area contributed by atoms with Gasteiger partial charge in [0.2, 0.25) is 0 Å². The highest BCUT2D eigenvalue weighted by atomic mass is 32.1. The lowest BCUT2D eigenvalue weighted by atomic mass is 9.85. The molecular weight excluding hydrogens is 1110 g/mol. The molecule has 0 spiro atoms. The van der Waals surface area contributed by atoms with Crippen LogP contribution in [0.5, 0.6) is 5.75 Å². The Labute approximate surface area is 501 Å². The first-order valence-electron chi connectivity index (χ1n) is 29.4. The van der Waals surface area contributed by atoms with Gasteiger partial charge in [0.15, 0.2) is 38.8 Å². The van der Waals surface area contributed by atoms with Gasteiger partial charge in [0.05, 0.1) is 56.2 Å². The van der Waals surface area contributed by atoms with Crippen LogP contribution in [0.4, 0.5) is 21.2 Å². The molecule has 1 atom stereocenters. The maximum absolute atomic E-state index is 15.3. The van der Waals surface area contributed by atoms with Crippen molar-refractivity contribution in [3.05, 3.63) is 142 Å². The zero-order valence-corrected chi connectivity index (χ0v) is 54.0. The summed E-state index contributed by atoms with van der Waals surface area (Å²) in [6.45, 7) is 23.1. The van der Waals surface area contributed by atoms with Crippen LogP contribution < -0.4 is 24.8 Å². The van der Waals surface area contributed by atoms with Crippen LogP contribution in [0.3, 0.4) is 0 Å². The molecule has 1 unspecified atom stereocenters. The number of para-hydroxylation sites is 1. The van der Waals surface area contributed by atoms with E-state index < -0.39 is 28.2 Å². The van der Waals surface area contributed by atoms with Gasteiger partial charge in [0.1, 0.15) is 13.3 Å². The number of hydrogen-bond donors (Lipinski definition) is 0. The number of ether oxygens (including phenoxy) is 3. The second kappa shape index (κ2) is 27.4. The van der Waals surface area contributed by atoms with Crippen LogP contribution in [0.15, 0.2) is 114 Å². The van der Waals surface area contributed by atoms with Gasteiger partial charge in [0, 0.05) is 31.7 Å². The number of piperidine rings is 3. The molecule has 10 rings (SSSR count). The number of fused-ring (bicyclic) bond motifs is 4. The number of aryl methyl sites for hydroxylation is 2. The van der Waals surface area contributed by atoms with Crippen LogP contribution in [-0.2, 0) is 27.1 Å². The summed E-state index contributed by atoms with van der Waals surface area (Å²) < 4.78 is 45.4. The van der Waals surface area contributed by atoms with Gasteiger partial charge >= 0.3 is 5.97 Å². The third-order valence-corrected chi connectivity index (χ3v) is 25.2. The molecular formula is C65H84FN8O5S2Si2+. The largest absolute Gasteiger partial charge is 0.491 e. The van der Waals surface area contributed by atoms with E-state index in [9.17, 15) is 4.79 Å². The quantitative estimate of drug-likeness (QED) is 0.0180. The minimum Gasteiger partial charge on any atom is -0.491 e. The van der Waals surface area contributed by atoms with Crippen molar-refractivity contribution in [1.82, 2.24) is 24.6 Å². The molecule has 440 valence electrons. The maximum Gasteiger partial charge on any atom is 0.357 e. The number of aromatic nitrogens is 4. The Morgan fingerprint density at radius 1 is 0.892 bits per heavy atom. The Bertz CT molecular complexity index is 3380. The predicted octanol–water partition coefficient (Wildman–Crippen LogP) is 12.1. The summed E-state index contributed by atoms with van der Waals surface area (Å²) in [5.74, 6) is 7.14. The van der Waals surface area contributed by atoms with E-state index in [2.05, 4.69) is 135 Å². The molecule has 0 saturated carbocycles. The van der Waals surface area contributed by atoms with Gasteiger partial charge in [0.25, 0.3) is 8.32 Å². The van der Waals surface area contributed by atoms with Gasteiger partial charge < -0.3 is 28.0 Å². The minimum atomic E-state index is -2.95. The summed E-state index contributed by atoms with van der Waals surface area (Å²) in [5.41, 5.74) is 2.71. The van der Waals surface area contributed by atoms with Crippen LogP contribution in [0.25, 0.3) is 10.2 Å². The number of halogens is 1. The van der Waals surface area contributed by atoms with Crippen molar-refractivity contribution in [2.45, 2.75) is 116 Å². The highest BCUT2D eigenvalue weighted by molar-refractivity contribution is 7.16. The summed E-state index contributed by atoms with van der Waals surface area (Å²) in [7, 11) is 1.01. The van der Waals surface area contributed by atoms with Gasteiger partial charge in [-0.2, -0.15) is 4.99 Å². The van der Waals surface area contributed by atoms with E-state index in [0.717, 1.165) is 61.3 Å². The maximum atomic E-state index is 15.3. The third kappa shape index (κ3) is 15.3. The van der Waals surface area contributed by atoms with Crippen LogP contribution in [0, 0.1) is 30.5 Å². The molecule has 6 heterocycles. The summed E-state index contributed by atoms with van der Waals surface area (Å²) in [5, 5.41) is 12.8. The normalized spacial score (nSPS) is 17.0. The molecule has 13 nitrogen and oxygen atoms in total. The molecule has 0 radical (unpaired) electrons. The van der Waals surface area contributed by atoms with Gasteiger partial charge in [-0.1, -0.05) is 136 Å². The number of methoxy groups -OCH3 is 1. The molecule has 0 aliphatic carbocycles. The molecule has 18 heteroatoms. The number of hydrogen-bond acceptors (Lipinski definition) is 13. The van der Waals surface area contributed by atoms with Gasteiger partial charge in [-0.05, 0) is 135 Å². The zero-order valence-electron chi connectivity index (χ0n) is 50.4. The van der Waals surface area contributed by atoms with E-state index >= 15 is 4.39 Å². The van der Waals surface area contributed by atoms with Crippen molar-refractivity contribution in [3.63, 3.8) is 0 Å². The molecule has 3 saturated heterocycles. The highest BCUT2D eigenvalue weighted by Gasteiger charge is 2.53. The first-order chi connectivity index (χ1) is 39.8. The van der Waals surface area contributed by atoms with E-state index in [1.54, 1.807) is 23.5 Å². The van der Waals surface area contributed by atoms with Gasteiger partial charge in [-0.3, -0.25) is 9.47 Å². The van der Waals surface area contributed by atoms with Crippen molar-refractivity contribution in [1.29, 1.82) is 0 Å². The molecule has 3 fully saturated rings. The molecule has 83 heavy (non-hydrogen) atoms. The van der Waals surface area contributed by atoms with E-state index in [1.807, 2.05) is 44.1 Å². The second-order valence-electron chi connectivity index (χ2n) is 25.0. The summed E-state index contributed by atoms with van der Waals surface area (Å²) in [4.78, 5) is 29.5. The molecule has 3 aromatic heterocycles. The number of quaternary nitrogens is 1. The van der Waals surface area contributed by atoms with E-state index in [-0.39, 0.29) is 29.2 Å². The summed E-state index contributed by atoms with van der Waals surface area (Å²) >= 11 is 3.03. The smallest absolute Gasteiger partial charge is 0.357 e. The summed E-state index contributed by atoms with van der Waals surface area (Å²) in [6, 6.07) is 38.2. The number of benzene rings is 4. The number of esters is 1. The fraction of sp³-hybridized carbons (Fsp3) is 0.462. The first kappa shape index (κ1) is 61.7. The Kier molecular flexibility index (Phi) is 20.4. The highest BCUT2D eigenvalue weighted by Crippen LogP contribution is 2.41. The van der Waals surface area contributed by atoms with E-state index in [0.29, 0.717) is 61.6 Å². The second-order valence-corrected chi connectivity index (χ2v) is 36.9. The topological polar surface area (TPSA) is 116 Å². The molecule has 7 aromatic rings. The lowest BCUT2D eigenvalue weighted by Gasteiger charge is -2.52. The Morgan fingerprint density at radius 2 is 1.58 bits per heavy atom. The van der Waals surface area contributed by atoms with Crippen LogP contribution in [0.1, 0.15) is 85.8 Å². The molecule has 4 aromatic carbocycles. The molecule has 3 aliphatic rings. The van der Waals surface area contributed by atoms with Gasteiger partial charge in [-0.15, -0.1) is 21.5 Å². The number of thiazole rings is 2. The van der Waals surface area contributed by atoms with Crippen LogP contribution >= 0.6 is 22.7 Å². The Balaban J connectivity index is 1.05. The Morgan fingerprint density at radius 3 is 2.22 bits per heavy atom. The van der Waals surface area contributed by atoms with Gasteiger partial charge in [-0.25, -0.2) is 14.2 Å². The average molecular weight is 1200 g/mol. The molecule has 0 amide bonds. The molecule has 0 N–H and O–H groups in total. The lowest BCUT2D eigenvalue weighted by molar-refractivity contribution is -0.945. The zero-order chi connectivity index (χ0) is 58.8. The number of carbonyl (C=O) groups excluding carboxylic acids is 1. The summed E-state index contributed by atoms with van der Waals surface area (Å²) in [6.07, 6.45) is 6.21. The molecule has 3 aliphatic heterocycles. The predicted molar refractivity (Wildman–Crippen MR) is 341 cm³/mol. The number of carbonyl (C=O) groups is 1. The van der Waals surface area contributed by atoms with Crippen molar-refractivity contribution < 1.29 is 32.3 Å². The fourth-order valence-corrected chi connectivity index (χ4v) is 19.2. The number of rotatable bonds is 25. The first-order valence-corrected chi connectivity index (χ1v) is 36.7. The Hall–Kier alpha value is -5.89. The van der Waals surface area contributed by atoms with Crippen LogP contribution in [-0.4, -0.2) is 131 Å².